The smallest absolute Gasteiger partial charge is 0.0228 e. The van der Waals surface area contributed by atoms with Crippen molar-refractivity contribution in [2.24, 2.45) is 23.2 Å². The van der Waals surface area contributed by atoms with Crippen LogP contribution >= 0.6 is 0 Å². The van der Waals surface area contributed by atoms with Gasteiger partial charge in [-0.15, -0.1) is 12.3 Å². The summed E-state index contributed by atoms with van der Waals surface area (Å²) in [5.41, 5.74) is 0.436. The van der Waals surface area contributed by atoms with Crippen LogP contribution < -0.4 is 0 Å². The molecule has 0 aromatic heterocycles. The Hall–Kier alpha value is -0.440. The lowest BCUT2D eigenvalue weighted by molar-refractivity contribution is 0.187. The summed E-state index contributed by atoms with van der Waals surface area (Å²) in [6.45, 7) is 9.29. The maximum Gasteiger partial charge on any atom is 0.0228 e. The van der Waals surface area contributed by atoms with Crippen molar-refractivity contribution >= 4 is 0 Å². The van der Waals surface area contributed by atoms with Gasteiger partial charge in [-0.05, 0) is 30.1 Å². The molecule has 3 unspecified atom stereocenters. The van der Waals surface area contributed by atoms with Crippen LogP contribution in [-0.2, 0) is 0 Å². The maximum absolute atomic E-state index is 5.48. The predicted octanol–water partition coefficient (Wildman–Crippen LogP) is 3.33. The summed E-state index contributed by atoms with van der Waals surface area (Å²) < 4.78 is 0. The second-order valence-electron chi connectivity index (χ2n) is 5.18. The molecule has 0 aliphatic heterocycles. The fourth-order valence-corrected chi connectivity index (χ4v) is 2.62. The molecule has 68 valence electrons. The molecule has 0 saturated heterocycles. The van der Waals surface area contributed by atoms with E-state index in [1.54, 1.807) is 0 Å². The standard InChI is InChI=1S/C12H20/c1-6-10-7-8-11(9(10)2)12(3,4)5/h1,9-11H,7-8H2,2-5H3. The van der Waals surface area contributed by atoms with Gasteiger partial charge in [-0.1, -0.05) is 27.7 Å². The normalized spacial score (nSPS) is 36.4. The molecule has 0 bridgehead atoms. The third-order valence-corrected chi connectivity index (χ3v) is 3.38. The van der Waals surface area contributed by atoms with E-state index in [9.17, 15) is 0 Å². The SMILES string of the molecule is C#CC1CCC(C(C)(C)C)C1C. The van der Waals surface area contributed by atoms with Gasteiger partial charge in [-0.3, -0.25) is 0 Å². The van der Waals surface area contributed by atoms with Gasteiger partial charge >= 0.3 is 0 Å². The predicted molar refractivity (Wildman–Crippen MR) is 53.7 cm³/mol. The fraction of sp³-hybridized carbons (Fsp3) is 0.833. The molecule has 0 aromatic carbocycles. The van der Waals surface area contributed by atoms with Crippen molar-refractivity contribution in [2.75, 3.05) is 0 Å². The molecule has 0 heteroatoms. The largest absolute Gasteiger partial charge is 0.120 e. The highest BCUT2D eigenvalue weighted by atomic mass is 14.4. The lowest BCUT2D eigenvalue weighted by atomic mass is 9.74. The zero-order valence-corrected chi connectivity index (χ0v) is 8.72. The Labute approximate surface area is 76.7 Å². The van der Waals surface area contributed by atoms with Crippen LogP contribution in [0.2, 0.25) is 0 Å². The third-order valence-electron chi connectivity index (χ3n) is 3.38. The maximum atomic E-state index is 5.48. The lowest BCUT2D eigenvalue weighted by Crippen LogP contribution is -2.24. The summed E-state index contributed by atoms with van der Waals surface area (Å²) in [5.74, 6) is 4.99. The average Bonchev–Trinajstić information content (AvgIpc) is 2.29. The Balaban J connectivity index is 2.68. The topological polar surface area (TPSA) is 0 Å². The second-order valence-corrected chi connectivity index (χ2v) is 5.18. The van der Waals surface area contributed by atoms with Crippen molar-refractivity contribution in [3.8, 4) is 12.3 Å². The van der Waals surface area contributed by atoms with Gasteiger partial charge in [-0.2, -0.15) is 0 Å². The minimum absolute atomic E-state index is 0.436. The van der Waals surface area contributed by atoms with Crippen LogP contribution in [-0.4, -0.2) is 0 Å². The van der Waals surface area contributed by atoms with Crippen molar-refractivity contribution in [1.82, 2.24) is 0 Å². The highest BCUT2D eigenvalue weighted by molar-refractivity contribution is 5.02. The average molecular weight is 164 g/mol. The quantitative estimate of drug-likeness (QED) is 0.482. The van der Waals surface area contributed by atoms with Crippen molar-refractivity contribution in [3.63, 3.8) is 0 Å². The molecule has 1 aliphatic carbocycles. The van der Waals surface area contributed by atoms with Crippen LogP contribution in [0.1, 0.15) is 40.5 Å². The third kappa shape index (κ3) is 1.66. The Kier molecular flexibility index (Phi) is 2.52. The molecular formula is C12H20. The molecule has 0 heterocycles. The van der Waals surface area contributed by atoms with Gasteiger partial charge in [0.2, 0.25) is 0 Å². The van der Waals surface area contributed by atoms with E-state index >= 15 is 0 Å². The van der Waals surface area contributed by atoms with Crippen LogP contribution in [0, 0.1) is 35.5 Å². The zero-order valence-electron chi connectivity index (χ0n) is 8.72. The molecule has 0 spiro atoms. The molecule has 0 amide bonds. The monoisotopic (exact) mass is 164 g/mol. The van der Waals surface area contributed by atoms with Crippen molar-refractivity contribution in [2.45, 2.75) is 40.5 Å². The fourth-order valence-electron chi connectivity index (χ4n) is 2.62. The zero-order chi connectivity index (χ0) is 9.35. The number of hydrogen-bond acceptors (Lipinski definition) is 0. The van der Waals surface area contributed by atoms with Crippen LogP contribution in [0.5, 0.6) is 0 Å². The first kappa shape index (κ1) is 9.65. The first-order valence-electron chi connectivity index (χ1n) is 4.93. The van der Waals surface area contributed by atoms with Gasteiger partial charge < -0.3 is 0 Å². The van der Waals surface area contributed by atoms with E-state index < -0.39 is 0 Å². The van der Waals surface area contributed by atoms with Crippen molar-refractivity contribution < 1.29 is 0 Å². The summed E-state index contributed by atoms with van der Waals surface area (Å²) in [6.07, 6.45) is 8.03. The molecule has 1 fully saturated rings. The highest BCUT2D eigenvalue weighted by Gasteiger charge is 2.38. The van der Waals surface area contributed by atoms with Gasteiger partial charge in [0.15, 0.2) is 0 Å². The summed E-state index contributed by atoms with van der Waals surface area (Å²) in [4.78, 5) is 0. The van der Waals surface area contributed by atoms with Crippen molar-refractivity contribution in [1.29, 1.82) is 0 Å². The van der Waals surface area contributed by atoms with E-state index in [1.165, 1.54) is 12.8 Å². The summed E-state index contributed by atoms with van der Waals surface area (Å²) >= 11 is 0. The van der Waals surface area contributed by atoms with E-state index in [-0.39, 0.29) is 0 Å². The van der Waals surface area contributed by atoms with Crippen LogP contribution in [0.4, 0.5) is 0 Å². The minimum Gasteiger partial charge on any atom is -0.120 e. The van der Waals surface area contributed by atoms with E-state index in [0.29, 0.717) is 11.3 Å². The minimum atomic E-state index is 0.436. The Morgan fingerprint density at radius 2 is 1.83 bits per heavy atom. The van der Waals surface area contributed by atoms with E-state index in [0.717, 1.165) is 11.8 Å². The molecule has 12 heavy (non-hydrogen) atoms. The molecular weight excluding hydrogens is 144 g/mol. The molecule has 1 aliphatic rings. The Bertz CT molecular complexity index is 189. The summed E-state index contributed by atoms with van der Waals surface area (Å²) in [5, 5.41) is 0. The molecule has 1 rings (SSSR count). The highest BCUT2D eigenvalue weighted by Crippen LogP contribution is 2.45. The van der Waals surface area contributed by atoms with Crippen molar-refractivity contribution in [3.05, 3.63) is 0 Å². The van der Waals surface area contributed by atoms with Gasteiger partial charge in [0.1, 0.15) is 0 Å². The van der Waals surface area contributed by atoms with Crippen LogP contribution in [0.15, 0.2) is 0 Å². The van der Waals surface area contributed by atoms with Gasteiger partial charge in [0, 0.05) is 5.92 Å². The number of terminal acetylenes is 1. The van der Waals surface area contributed by atoms with Crippen LogP contribution in [0.25, 0.3) is 0 Å². The van der Waals surface area contributed by atoms with Gasteiger partial charge in [-0.25, -0.2) is 0 Å². The molecule has 0 N–H and O–H groups in total. The summed E-state index contributed by atoms with van der Waals surface area (Å²) in [7, 11) is 0. The Morgan fingerprint density at radius 3 is 2.08 bits per heavy atom. The molecule has 3 atom stereocenters. The van der Waals surface area contributed by atoms with Gasteiger partial charge in [0.25, 0.3) is 0 Å². The lowest BCUT2D eigenvalue weighted by Gasteiger charge is -2.31. The van der Waals surface area contributed by atoms with E-state index in [1.807, 2.05) is 0 Å². The number of hydrogen-bond donors (Lipinski definition) is 0. The molecule has 0 nitrogen and oxygen atoms in total. The second kappa shape index (κ2) is 3.13. The van der Waals surface area contributed by atoms with Crippen LogP contribution in [0.3, 0.4) is 0 Å². The Morgan fingerprint density at radius 1 is 1.25 bits per heavy atom. The first-order chi connectivity index (χ1) is 5.46. The van der Waals surface area contributed by atoms with Gasteiger partial charge in [0.05, 0.1) is 0 Å². The summed E-state index contributed by atoms with van der Waals surface area (Å²) in [6, 6.07) is 0. The number of rotatable bonds is 0. The van der Waals surface area contributed by atoms with E-state index in [4.69, 9.17) is 6.42 Å². The first-order valence-corrected chi connectivity index (χ1v) is 4.93. The molecule has 1 saturated carbocycles. The molecule has 0 radical (unpaired) electrons. The van der Waals surface area contributed by atoms with E-state index in [2.05, 4.69) is 33.6 Å². The molecule has 0 aromatic rings.